The van der Waals surface area contributed by atoms with Crippen molar-refractivity contribution < 1.29 is 22.5 Å². The minimum atomic E-state index is -0.873. The summed E-state index contributed by atoms with van der Waals surface area (Å²) in [5, 5.41) is 4.96. The number of aryl methyl sites for hydroxylation is 4. The summed E-state index contributed by atoms with van der Waals surface area (Å²) in [4.78, 5) is 35.8. The molecule has 3 aromatic heterocycles. The monoisotopic (exact) mass is 635 g/mol. The molecule has 1 N–H and O–H groups in total. The lowest BCUT2D eigenvalue weighted by Crippen LogP contribution is -2.23. The van der Waals surface area contributed by atoms with E-state index in [0.29, 0.717) is 60.3 Å². The molecule has 1 saturated heterocycles. The molecule has 0 radical (unpaired) electrons. The first kappa shape index (κ1) is 29.0. The Bertz CT molecular complexity index is 2240. The van der Waals surface area contributed by atoms with Crippen LogP contribution in [0.1, 0.15) is 51.8 Å². The fraction of sp³-hybridized carbons (Fsp3) is 0.222. The lowest BCUT2D eigenvalue weighted by atomic mass is 9.89. The molecule has 0 bridgehead atoms. The normalized spacial score (nSPS) is 15.5. The van der Waals surface area contributed by atoms with Crippen LogP contribution in [0.4, 0.5) is 13.2 Å². The molecular weight excluding hydrogens is 607 g/mol. The third-order valence-corrected chi connectivity index (χ3v) is 9.27. The number of rotatable bonds is 8. The van der Waals surface area contributed by atoms with Gasteiger partial charge in [0.2, 0.25) is 0 Å². The summed E-state index contributed by atoms with van der Waals surface area (Å²) in [6.07, 6.45) is 5.13. The third-order valence-electron chi connectivity index (χ3n) is 9.27. The summed E-state index contributed by atoms with van der Waals surface area (Å²) in [5.74, 6) is -2.71. The van der Waals surface area contributed by atoms with Gasteiger partial charge in [0.15, 0.2) is 17.5 Å². The van der Waals surface area contributed by atoms with Crippen LogP contribution in [0.3, 0.4) is 0 Å². The first-order valence-electron chi connectivity index (χ1n) is 15.6. The summed E-state index contributed by atoms with van der Waals surface area (Å²) in [5.41, 5.74) is 6.30. The number of hydrogen-bond donors (Lipinski definition) is 1. The van der Waals surface area contributed by atoms with Gasteiger partial charge in [0.1, 0.15) is 5.82 Å². The molecule has 8 rings (SSSR count). The second-order valence-corrected chi connectivity index (χ2v) is 12.1. The number of amides is 1. The van der Waals surface area contributed by atoms with E-state index in [0.717, 1.165) is 46.6 Å². The number of nitrogens with one attached hydrogen (secondary N) is 1. The van der Waals surface area contributed by atoms with Crippen molar-refractivity contribution in [3.63, 3.8) is 0 Å². The molecular formula is C36H28F3N5O3. The summed E-state index contributed by atoms with van der Waals surface area (Å²) in [6, 6.07) is 18.0. The second kappa shape index (κ2) is 11.4. The van der Waals surface area contributed by atoms with Crippen LogP contribution >= 0.6 is 0 Å². The van der Waals surface area contributed by atoms with E-state index in [-0.39, 0.29) is 23.6 Å². The number of H-pyrrole nitrogens is 1. The van der Waals surface area contributed by atoms with Crippen molar-refractivity contribution in [2.75, 3.05) is 6.54 Å². The SMILES string of the molecule is O=C1c2c(nc(CCc3ccc(F)cc3)c(-c3noc(=O)[nH]3)c2-c2ccc3c(ccn3CCc3ccc(F)c(F)c3)c2)C2CCCN12. The lowest BCUT2D eigenvalue weighted by Gasteiger charge is -2.18. The van der Waals surface area contributed by atoms with Crippen molar-refractivity contribution in [1.29, 1.82) is 0 Å². The van der Waals surface area contributed by atoms with Gasteiger partial charge in [-0.2, -0.15) is 0 Å². The van der Waals surface area contributed by atoms with E-state index in [4.69, 9.17) is 9.51 Å². The molecule has 0 aliphatic carbocycles. The molecule has 0 spiro atoms. The highest BCUT2D eigenvalue weighted by molar-refractivity contribution is 6.09. The van der Waals surface area contributed by atoms with E-state index in [1.165, 1.54) is 18.2 Å². The topological polar surface area (TPSA) is 97.0 Å². The average molecular weight is 636 g/mol. The van der Waals surface area contributed by atoms with Gasteiger partial charge >= 0.3 is 5.76 Å². The molecule has 1 atom stereocenters. The minimum Gasteiger partial charge on any atom is -0.347 e. The number of aromatic amines is 1. The van der Waals surface area contributed by atoms with Crippen LogP contribution in [-0.2, 0) is 25.8 Å². The summed E-state index contributed by atoms with van der Waals surface area (Å²) < 4.78 is 47.8. The molecule has 3 aromatic carbocycles. The Balaban J connectivity index is 1.25. The fourth-order valence-corrected chi connectivity index (χ4v) is 7.02. The first-order chi connectivity index (χ1) is 22.8. The second-order valence-electron chi connectivity index (χ2n) is 12.1. The Morgan fingerprint density at radius 1 is 0.851 bits per heavy atom. The van der Waals surface area contributed by atoms with Gasteiger partial charge in [0.05, 0.1) is 28.6 Å². The van der Waals surface area contributed by atoms with Crippen LogP contribution < -0.4 is 5.76 Å². The molecule has 1 amide bonds. The van der Waals surface area contributed by atoms with Gasteiger partial charge in [-0.05, 0) is 91.3 Å². The summed E-state index contributed by atoms with van der Waals surface area (Å²) >= 11 is 0. The quantitative estimate of drug-likeness (QED) is 0.199. The zero-order chi connectivity index (χ0) is 32.2. The fourth-order valence-electron chi connectivity index (χ4n) is 7.02. The molecule has 11 heteroatoms. The van der Waals surface area contributed by atoms with Crippen molar-refractivity contribution in [3.05, 3.63) is 129 Å². The Labute approximate surface area is 266 Å². The molecule has 2 aliphatic rings. The summed E-state index contributed by atoms with van der Waals surface area (Å²) in [6.45, 7) is 1.19. The van der Waals surface area contributed by atoms with E-state index in [1.807, 2.05) is 39.9 Å². The minimum absolute atomic E-state index is 0.105. The number of pyridine rings is 1. The number of benzene rings is 3. The van der Waals surface area contributed by atoms with Gasteiger partial charge in [0.25, 0.3) is 5.91 Å². The number of aromatic nitrogens is 4. The zero-order valence-electron chi connectivity index (χ0n) is 25.1. The number of halogens is 3. The van der Waals surface area contributed by atoms with Crippen LogP contribution in [0.15, 0.2) is 82.2 Å². The molecule has 6 aromatic rings. The number of carbonyl (C=O) groups is 1. The van der Waals surface area contributed by atoms with Crippen LogP contribution in [0.5, 0.6) is 0 Å². The van der Waals surface area contributed by atoms with Gasteiger partial charge in [-0.3, -0.25) is 19.3 Å². The van der Waals surface area contributed by atoms with E-state index in [2.05, 4.69) is 10.1 Å². The van der Waals surface area contributed by atoms with Gasteiger partial charge in [-0.1, -0.05) is 29.4 Å². The highest BCUT2D eigenvalue weighted by Crippen LogP contribution is 2.47. The predicted molar refractivity (Wildman–Crippen MR) is 168 cm³/mol. The van der Waals surface area contributed by atoms with Gasteiger partial charge in [-0.25, -0.2) is 18.0 Å². The number of hydrogen-bond acceptors (Lipinski definition) is 5. The predicted octanol–water partition coefficient (Wildman–Crippen LogP) is 6.78. The molecule has 47 heavy (non-hydrogen) atoms. The number of carbonyl (C=O) groups excluding carboxylic acids is 1. The van der Waals surface area contributed by atoms with Crippen molar-refractivity contribution in [2.45, 2.75) is 44.7 Å². The van der Waals surface area contributed by atoms with Gasteiger partial charge < -0.3 is 9.47 Å². The molecule has 0 saturated carbocycles. The first-order valence-corrected chi connectivity index (χ1v) is 15.6. The smallest absolute Gasteiger partial charge is 0.347 e. The van der Waals surface area contributed by atoms with Gasteiger partial charge in [0, 0.05) is 35.8 Å². The Hall–Kier alpha value is -5.45. The van der Waals surface area contributed by atoms with Crippen molar-refractivity contribution >= 4 is 16.8 Å². The molecule has 5 heterocycles. The van der Waals surface area contributed by atoms with E-state index < -0.39 is 17.4 Å². The number of fused-ring (bicyclic) bond motifs is 4. The Morgan fingerprint density at radius 2 is 1.68 bits per heavy atom. The standard InChI is InChI=1S/C36H28F3N5O3/c37-24-8-3-20(4-9-24)6-11-27-31(34-41-36(46)47-42-34)30(32-33(40-27)29-2-1-15-44(29)35(32)45)23-7-12-28-22(19-23)14-17-43(28)16-13-21-5-10-25(38)26(39)18-21/h3-5,7-10,12,14,17-19,29H,1-2,6,11,13,15-16H2,(H,41,42,46). The molecule has 236 valence electrons. The van der Waals surface area contributed by atoms with E-state index in [1.54, 1.807) is 18.2 Å². The highest BCUT2D eigenvalue weighted by atomic mass is 19.2. The molecule has 2 aliphatic heterocycles. The average Bonchev–Trinajstić information content (AvgIpc) is 3.87. The number of nitrogens with zero attached hydrogens (tertiary/aromatic N) is 4. The van der Waals surface area contributed by atoms with Crippen LogP contribution in [0.25, 0.3) is 33.4 Å². The lowest BCUT2D eigenvalue weighted by molar-refractivity contribution is 0.0776. The van der Waals surface area contributed by atoms with Gasteiger partial charge in [-0.15, -0.1) is 0 Å². The van der Waals surface area contributed by atoms with Crippen molar-refractivity contribution in [1.82, 2.24) is 24.6 Å². The molecule has 1 unspecified atom stereocenters. The van der Waals surface area contributed by atoms with Crippen LogP contribution in [-0.4, -0.2) is 37.0 Å². The van der Waals surface area contributed by atoms with Crippen molar-refractivity contribution in [2.24, 2.45) is 0 Å². The Morgan fingerprint density at radius 3 is 2.47 bits per heavy atom. The highest BCUT2D eigenvalue weighted by Gasteiger charge is 2.44. The van der Waals surface area contributed by atoms with Crippen molar-refractivity contribution in [3.8, 4) is 22.5 Å². The largest absolute Gasteiger partial charge is 0.439 e. The Kier molecular flexibility index (Phi) is 7.04. The summed E-state index contributed by atoms with van der Waals surface area (Å²) in [7, 11) is 0. The van der Waals surface area contributed by atoms with E-state index >= 15 is 0 Å². The molecule has 8 nitrogen and oxygen atoms in total. The van der Waals surface area contributed by atoms with Crippen LogP contribution in [0, 0.1) is 17.5 Å². The maximum Gasteiger partial charge on any atom is 0.439 e. The molecule has 1 fully saturated rings. The van der Waals surface area contributed by atoms with Crippen LogP contribution in [0.2, 0.25) is 0 Å². The van der Waals surface area contributed by atoms with E-state index in [9.17, 15) is 22.8 Å². The maximum absolute atomic E-state index is 14.0. The third kappa shape index (κ3) is 5.11. The zero-order valence-corrected chi connectivity index (χ0v) is 25.1. The maximum atomic E-state index is 14.0.